The Morgan fingerprint density at radius 2 is 2.36 bits per heavy atom. The molecule has 0 spiro atoms. The molecule has 1 rings (SSSR count). The van der Waals surface area contributed by atoms with Crippen molar-refractivity contribution >= 4 is 5.97 Å². The highest BCUT2D eigenvalue weighted by Crippen LogP contribution is 2.19. The smallest absolute Gasteiger partial charge is 0.307 e. The summed E-state index contributed by atoms with van der Waals surface area (Å²) in [5.74, 6) is -0.761. The Morgan fingerprint density at radius 1 is 1.73 bits per heavy atom. The Kier molecular flexibility index (Phi) is 2.84. The second-order valence-corrected chi connectivity index (χ2v) is 2.91. The predicted molar refractivity (Wildman–Crippen MR) is 39.1 cm³/mol. The fourth-order valence-electron chi connectivity index (χ4n) is 1.12. The number of carbonyl (C=O) groups is 1. The first-order chi connectivity index (χ1) is 5.24. The van der Waals surface area contributed by atoms with E-state index in [1.807, 2.05) is 0 Å². The maximum absolute atomic E-state index is 10.5. The minimum atomic E-state index is -0.792. The molecule has 4 heteroatoms. The van der Waals surface area contributed by atoms with Crippen LogP contribution >= 0.6 is 0 Å². The molecule has 4 nitrogen and oxygen atoms in total. The molecule has 3 N–H and O–H groups in total. The van der Waals surface area contributed by atoms with Gasteiger partial charge in [-0.25, -0.2) is 0 Å². The van der Waals surface area contributed by atoms with E-state index in [4.69, 9.17) is 15.6 Å². The maximum Gasteiger partial charge on any atom is 0.307 e. The highest BCUT2D eigenvalue weighted by molar-refractivity contribution is 5.70. The number of aliphatic carboxylic acids is 1. The molecule has 0 aliphatic carbocycles. The van der Waals surface area contributed by atoms with Gasteiger partial charge in [0.05, 0.1) is 19.1 Å². The summed E-state index contributed by atoms with van der Waals surface area (Å²) in [4.78, 5) is 10.5. The zero-order valence-electron chi connectivity index (χ0n) is 6.32. The largest absolute Gasteiger partial charge is 0.481 e. The molecule has 0 saturated carbocycles. The standard InChI is InChI=1S/C7H13NO3/c8-2-6(7(9)10)1-5-3-11-4-5/h5-6H,1-4,8H2,(H,9,10). The van der Waals surface area contributed by atoms with E-state index in [9.17, 15) is 4.79 Å². The molecule has 0 amide bonds. The van der Waals surface area contributed by atoms with Gasteiger partial charge in [-0.1, -0.05) is 0 Å². The topological polar surface area (TPSA) is 72.5 Å². The lowest BCUT2D eigenvalue weighted by atomic mass is 9.93. The van der Waals surface area contributed by atoms with Crippen LogP contribution in [0.25, 0.3) is 0 Å². The van der Waals surface area contributed by atoms with E-state index >= 15 is 0 Å². The van der Waals surface area contributed by atoms with Gasteiger partial charge in [0.15, 0.2) is 0 Å². The van der Waals surface area contributed by atoms with E-state index in [1.165, 1.54) is 0 Å². The third-order valence-electron chi connectivity index (χ3n) is 1.96. The number of rotatable bonds is 4. The molecule has 0 bridgehead atoms. The summed E-state index contributed by atoms with van der Waals surface area (Å²) in [6.45, 7) is 1.62. The van der Waals surface area contributed by atoms with Crippen LogP contribution in [0, 0.1) is 11.8 Å². The molecular formula is C7H13NO3. The van der Waals surface area contributed by atoms with Crippen molar-refractivity contribution in [3.05, 3.63) is 0 Å². The van der Waals surface area contributed by atoms with E-state index in [-0.39, 0.29) is 12.5 Å². The Morgan fingerprint density at radius 3 is 2.64 bits per heavy atom. The quantitative estimate of drug-likeness (QED) is 0.589. The molecule has 0 radical (unpaired) electrons. The first-order valence-electron chi connectivity index (χ1n) is 3.74. The lowest BCUT2D eigenvalue weighted by Gasteiger charge is -2.27. The Hall–Kier alpha value is -0.610. The van der Waals surface area contributed by atoms with Crippen molar-refractivity contribution < 1.29 is 14.6 Å². The number of nitrogens with two attached hydrogens (primary N) is 1. The molecule has 1 aliphatic heterocycles. The van der Waals surface area contributed by atoms with Crippen LogP contribution in [-0.4, -0.2) is 30.8 Å². The van der Waals surface area contributed by atoms with Gasteiger partial charge in [0, 0.05) is 12.5 Å². The maximum atomic E-state index is 10.5. The first-order valence-corrected chi connectivity index (χ1v) is 3.74. The molecule has 0 aromatic rings. The fraction of sp³-hybridized carbons (Fsp3) is 0.857. The van der Waals surface area contributed by atoms with Crippen LogP contribution in [-0.2, 0) is 9.53 Å². The monoisotopic (exact) mass is 159 g/mol. The third kappa shape index (κ3) is 2.17. The average Bonchev–Trinajstić information content (AvgIpc) is 1.85. The summed E-state index contributed by atoms with van der Waals surface area (Å²) < 4.78 is 4.93. The zero-order chi connectivity index (χ0) is 8.27. The van der Waals surface area contributed by atoms with Gasteiger partial charge in [-0.15, -0.1) is 0 Å². The van der Waals surface area contributed by atoms with Crippen LogP contribution in [0.15, 0.2) is 0 Å². The van der Waals surface area contributed by atoms with Gasteiger partial charge in [-0.05, 0) is 6.42 Å². The average molecular weight is 159 g/mol. The molecule has 1 unspecified atom stereocenters. The van der Waals surface area contributed by atoms with Gasteiger partial charge in [-0.2, -0.15) is 0 Å². The zero-order valence-corrected chi connectivity index (χ0v) is 6.32. The van der Waals surface area contributed by atoms with Gasteiger partial charge in [-0.3, -0.25) is 4.79 Å². The van der Waals surface area contributed by atoms with E-state index in [1.54, 1.807) is 0 Å². The van der Waals surface area contributed by atoms with Crippen LogP contribution < -0.4 is 5.73 Å². The van der Waals surface area contributed by atoms with Gasteiger partial charge < -0.3 is 15.6 Å². The van der Waals surface area contributed by atoms with Crippen molar-refractivity contribution in [3.63, 3.8) is 0 Å². The van der Waals surface area contributed by atoms with E-state index in [2.05, 4.69) is 0 Å². The minimum Gasteiger partial charge on any atom is -0.481 e. The number of hydrogen-bond donors (Lipinski definition) is 2. The summed E-state index contributed by atoms with van der Waals surface area (Å²) in [6, 6.07) is 0. The summed E-state index contributed by atoms with van der Waals surface area (Å²) >= 11 is 0. The van der Waals surface area contributed by atoms with Gasteiger partial charge >= 0.3 is 5.97 Å². The number of hydrogen-bond acceptors (Lipinski definition) is 3. The summed E-state index contributed by atoms with van der Waals surface area (Å²) in [6.07, 6.45) is 0.659. The van der Waals surface area contributed by atoms with Crippen LogP contribution in [0.4, 0.5) is 0 Å². The molecule has 1 atom stereocenters. The fourth-order valence-corrected chi connectivity index (χ4v) is 1.12. The van der Waals surface area contributed by atoms with Crippen molar-refractivity contribution in [2.24, 2.45) is 17.6 Å². The van der Waals surface area contributed by atoms with Crippen molar-refractivity contribution in [1.82, 2.24) is 0 Å². The molecule has 0 aromatic carbocycles. The molecule has 64 valence electrons. The molecule has 1 fully saturated rings. The highest BCUT2D eigenvalue weighted by Gasteiger charge is 2.25. The Balaban J connectivity index is 2.24. The number of carboxylic acid groups (broad SMARTS) is 1. The van der Waals surface area contributed by atoms with E-state index < -0.39 is 5.97 Å². The van der Waals surface area contributed by atoms with Crippen LogP contribution in [0.2, 0.25) is 0 Å². The molecular weight excluding hydrogens is 146 g/mol. The van der Waals surface area contributed by atoms with Crippen LogP contribution in [0.5, 0.6) is 0 Å². The van der Waals surface area contributed by atoms with Gasteiger partial charge in [0.25, 0.3) is 0 Å². The Bertz CT molecular complexity index is 145. The van der Waals surface area contributed by atoms with Gasteiger partial charge in [0.1, 0.15) is 0 Å². The van der Waals surface area contributed by atoms with E-state index in [0.29, 0.717) is 25.6 Å². The molecule has 11 heavy (non-hydrogen) atoms. The molecule has 0 aromatic heterocycles. The van der Waals surface area contributed by atoms with Crippen molar-refractivity contribution in [2.75, 3.05) is 19.8 Å². The SMILES string of the molecule is NCC(CC1COC1)C(=O)O. The van der Waals surface area contributed by atoms with Crippen molar-refractivity contribution in [2.45, 2.75) is 6.42 Å². The summed E-state index contributed by atoms with van der Waals surface area (Å²) in [5, 5.41) is 8.62. The first kappa shape index (κ1) is 8.49. The normalized spacial score (nSPS) is 20.8. The molecule has 1 heterocycles. The highest BCUT2D eigenvalue weighted by atomic mass is 16.5. The predicted octanol–water partition coefficient (Wildman–Crippen LogP) is -0.318. The summed E-state index contributed by atoms with van der Waals surface area (Å²) in [7, 11) is 0. The third-order valence-corrected chi connectivity index (χ3v) is 1.96. The van der Waals surface area contributed by atoms with Crippen LogP contribution in [0.1, 0.15) is 6.42 Å². The summed E-state index contributed by atoms with van der Waals surface area (Å²) in [5.41, 5.74) is 5.28. The number of ether oxygens (including phenoxy) is 1. The number of carboxylic acids is 1. The van der Waals surface area contributed by atoms with Crippen LogP contribution in [0.3, 0.4) is 0 Å². The minimum absolute atomic E-state index is 0.228. The second kappa shape index (κ2) is 3.69. The lowest BCUT2D eigenvalue weighted by Crippen LogP contribution is -2.34. The second-order valence-electron chi connectivity index (χ2n) is 2.91. The Labute approximate surface area is 65.3 Å². The van der Waals surface area contributed by atoms with Crippen molar-refractivity contribution in [3.8, 4) is 0 Å². The van der Waals surface area contributed by atoms with Crippen molar-refractivity contribution in [1.29, 1.82) is 0 Å². The van der Waals surface area contributed by atoms with E-state index in [0.717, 1.165) is 0 Å². The molecule has 1 saturated heterocycles. The molecule has 1 aliphatic rings. The lowest BCUT2D eigenvalue weighted by molar-refractivity contribution is -0.143. The van der Waals surface area contributed by atoms with Gasteiger partial charge in [0.2, 0.25) is 0 Å².